The molecule has 0 fully saturated rings. The van der Waals surface area contributed by atoms with E-state index >= 15 is 0 Å². The van der Waals surface area contributed by atoms with Crippen LogP contribution in [0.4, 0.5) is 0 Å². The number of hydrogen-bond donors (Lipinski definition) is 1. The highest BCUT2D eigenvalue weighted by molar-refractivity contribution is 7.89. The lowest BCUT2D eigenvalue weighted by Crippen LogP contribution is -2.17. The maximum atomic E-state index is 11.4. The second-order valence-corrected chi connectivity index (χ2v) is 5.17. The van der Waals surface area contributed by atoms with Crippen LogP contribution in [0.2, 0.25) is 0 Å². The molecule has 1 N–H and O–H groups in total. The van der Waals surface area contributed by atoms with Gasteiger partial charge < -0.3 is 4.55 Å². The Morgan fingerprint density at radius 1 is 1.41 bits per heavy atom. The first kappa shape index (κ1) is 12.4. The molecule has 0 aliphatic carbocycles. The molecule has 0 saturated carbocycles. The van der Waals surface area contributed by atoms with Crippen LogP contribution in [0.5, 0.6) is 0 Å². The van der Waals surface area contributed by atoms with Crippen LogP contribution in [-0.4, -0.2) is 23.5 Å². The van der Waals surface area contributed by atoms with Gasteiger partial charge in [-0.25, -0.2) is 0 Å². The first-order chi connectivity index (χ1) is 8.16. The lowest BCUT2D eigenvalue weighted by Gasteiger charge is -2.07. The summed E-state index contributed by atoms with van der Waals surface area (Å²) in [6, 6.07) is 9.75. The summed E-state index contributed by atoms with van der Waals surface area (Å²) in [5.41, 5.74) is 1.08. The average Bonchev–Trinajstić information content (AvgIpc) is 2.77. The van der Waals surface area contributed by atoms with Crippen LogP contribution < -0.4 is 0 Å². The first-order valence-corrected chi connectivity index (χ1v) is 6.24. The van der Waals surface area contributed by atoms with Crippen molar-refractivity contribution in [3.8, 4) is 0 Å². The third kappa shape index (κ3) is 3.21. The van der Waals surface area contributed by atoms with E-state index in [0.29, 0.717) is 11.4 Å². The quantitative estimate of drug-likeness (QED) is 0.523. The fourth-order valence-corrected chi connectivity index (χ4v) is 2.14. The predicted molar refractivity (Wildman–Crippen MR) is 63.7 cm³/mol. The lowest BCUT2D eigenvalue weighted by atomic mass is 10.2. The minimum atomic E-state index is -1.80. The Kier molecular flexibility index (Phi) is 4.03. The third-order valence-electron chi connectivity index (χ3n) is 2.14. The van der Waals surface area contributed by atoms with Crippen LogP contribution in [0.25, 0.3) is 0 Å². The number of nitrogens with zero attached hydrogens (tertiary/aromatic N) is 3. The molecule has 0 saturated heterocycles. The molecular formula is C10H10ClN3O2S. The van der Waals surface area contributed by atoms with E-state index in [-0.39, 0.29) is 3.99 Å². The second-order valence-electron chi connectivity index (χ2n) is 3.33. The van der Waals surface area contributed by atoms with E-state index in [1.165, 1.54) is 6.20 Å². The van der Waals surface area contributed by atoms with Gasteiger partial charge in [0.05, 0.1) is 28.5 Å². The van der Waals surface area contributed by atoms with E-state index in [9.17, 15) is 4.55 Å². The summed E-state index contributed by atoms with van der Waals surface area (Å²) in [5.74, 6) is 0. The molecular weight excluding hydrogens is 262 g/mol. The molecule has 0 amide bonds. The van der Waals surface area contributed by atoms with Crippen molar-refractivity contribution in [1.29, 1.82) is 0 Å². The monoisotopic (exact) mass is 271 g/mol. The molecule has 5 nitrogen and oxygen atoms in total. The van der Waals surface area contributed by atoms with Crippen LogP contribution in [0.1, 0.15) is 5.56 Å². The Morgan fingerprint density at radius 3 is 2.76 bits per heavy atom. The van der Waals surface area contributed by atoms with Gasteiger partial charge >= 0.3 is 0 Å². The molecule has 0 radical (unpaired) electrons. The zero-order chi connectivity index (χ0) is 12.3. The van der Waals surface area contributed by atoms with E-state index in [1.807, 2.05) is 30.3 Å². The van der Waals surface area contributed by atoms with Crippen LogP contribution in [-0.2, 0) is 17.9 Å². The maximum absolute atomic E-state index is 11.4. The molecule has 2 aromatic rings. The highest BCUT2D eigenvalue weighted by Crippen LogP contribution is 2.15. The summed E-state index contributed by atoms with van der Waals surface area (Å²) < 4.78 is 13.2. The van der Waals surface area contributed by atoms with Crippen molar-refractivity contribution in [2.24, 2.45) is 0 Å². The fraction of sp³-hybridized carbons (Fsp3) is 0.100. The molecule has 1 aromatic heterocycles. The Balaban J connectivity index is 2.09. The molecule has 0 aliphatic rings. The summed E-state index contributed by atoms with van der Waals surface area (Å²) in [7, 11) is 0. The Labute approximate surface area is 107 Å². The number of benzene rings is 1. The summed E-state index contributed by atoms with van der Waals surface area (Å²) in [6.45, 7) is 0.575. The highest BCUT2D eigenvalue weighted by atomic mass is 35.5. The van der Waals surface area contributed by atoms with E-state index in [2.05, 4.69) is 5.10 Å². The molecule has 17 heavy (non-hydrogen) atoms. The largest absolute Gasteiger partial charge is 0.590 e. The van der Waals surface area contributed by atoms with Crippen LogP contribution in [0, 0.1) is 0 Å². The molecule has 0 spiro atoms. The Bertz CT molecular complexity index is 477. The van der Waals surface area contributed by atoms with Gasteiger partial charge in [0.2, 0.25) is 4.90 Å². The zero-order valence-electron chi connectivity index (χ0n) is 8.73. The van der Waals surface area contributed by atoms with Gasteiger partial charge in [0.25, 0.3) is 0 Å². The van der Waals surface area contributed by atoms with Crippen molar-refractivity contribution in [1.82, 2.24) is 13.8 Å². The molecule has 0 bridgehead atoms. The topological polar surface area (TPSA) is 64.4 Å². The number of rotatable bonds is 4. The van der Waals surface area contributed by atoms with Crippen LogP contribution in [0.15, 0.2) is 47.6 Å². The molecule has 2 rings (SSSR count). The minimum absolute atomic E-state index is 0.129. The van der Waals surface area contributed by atoms with Gasteiger partial charge in [-0.3, -0.25) is 9.89 Å². The van der Waals surface area contributed by atoms with Gasteiger partial charge in [-0.2, -0.15) is 5.10 Å². The molecule has 7 heteroatoms. The van der Waals surface area contributed by atoms with Crippen molar-refractivity contribution in [3.05, 3.63) is 48.3 Å². The van der Waals surface area contributed by atoms with Crippen molar-refractivity contribution in [2.75, 3.05) is 0 Å². The zero-order valence-corrected chi connectivity index (χ0v) is 10.3. The predicted octanol–water partition coefficient (Wildman–Crippen LogP) is 1.80. The Hall–Kier alpha value is -1.05. The molecule has 1 aromatic carbocycles. The van der Waals surface area contributed by atoms with Gasteiger partial charge in [-0.1, -0.05) is 30.3 Å². The number of hydrogen-bond acceptors (Lipinski definition) is 4. The first-order valence-electron chi connectivity index (χ1n) is 4.80. The standard InChI is InChI=1S/C10H10ClN3O2S/c11-14(15)17(16)10-6-12-13(8-10)7-9-4-2-1-3-5-9/h1-6,8,15H,7H2. The van der Waals surface area contributed by atoms with Crippen LogP contribution >= 0.6 is 11.8 Å². The van der Waals surface area contributed by atoms with Gasteiger partial charge in [0.15, 0.2) is 0 Å². The van der Waals surface area contributed by atoms with Crippen molar-refractivity contribution >= 4 is 23.1 Å². The highest BCUT2D eigenvalue weighted by Gasteiger charge is 2.20. The molecule has 90 valence electrons. The average molecular weight is 272 g/mol. The van der Waals surface area contributed by atoms with Gasteiger partial charge in [-0.15, -0.1) is 0 Å². The van der Waals surface area contributed by atoms with Gasteiger partial charge in [-0.05, 0) is 5.56 Å². The number of halogens is 1. The molecule has 1 atom stereocenters. The van der Waals surface area contributed by atoms with Crippen molar-refractivity contribution in [2.45, 2.75) is 11.4 Å². The van der Waals surface area contributed by atoms with E-state index in [1.54, 1.807) is 10.9 Å². The molecule has 1 unspecified atom stereocenters. The minimum Gasteiger partial charge on any atom is -0.590 e. The normalized spacial score (nSPS) is 12.9. The van der Waals surface area contributed by atoms with Crippen molar-refractivity contribution < 1.29 is 9.76 Å². The van der Waals surface area contributed by atoms with Crippen molar-refractivity contribution in [3.63, 3.8) is 0 Å². The van der Waals surface area contributed by atoms with Gasteiger partial charge in [0.1, 0.15) is 17.6 Å². The second kappa shape index (κ2) is 5.52. The summed E-state index contributed by atoms with van der Waals surface area (Å²) in [4.78, 5) is 0.346. The van der Waals surface area contributed by atoms with Gasteiger partial charge in [0, 0.05) is 0 Å². The lowest BCUT2D eigenvalue weighted by molar-refractivity contribution is 0.0988. The fourth-order valence-electron chi connectivity index (χ4n) is 1.38. The third-order valence-corrected chi connectivity index (χ3v) is 3.40. The Morgan fingerprint density at radius 2 is 2.12 bits per heavy atom. The van der Waals surface area contributed by atoms with E-state index < -0.39 is 11.4 Å². The smallest absolute Gasteiger partial charge is 0.215 e. The van der Waals surface area contributed by atoms with E-state index in [0.717, 1.165) is 5.56 Å². The number of aromatic nitrogens is 2. The summed E-state index contributed by atoms with van der Waals surface area (Å²) in [6.07, 6.45) is 2.99. The maximum Gasteiger partial charge on any atom is 0.215 e. The van der Waals surface area contributed by atoms with Crippen LogP contribution in [0.3, 0.4) is 0 Å². The molecule has 0 aliphatic heterocycles. The van der Waals surface area contributed by atoms with E-state index in [4.69, 9.17) is 17.0 Å². The summed E-state index contributed by atoms with van der Waals surface area (Å²) >= 11 is 3.38. The summed E-state index contributed by atoms with van der Waals surface area (Å²) in [5, 5.41) is 12.9. The SMILES string of the molecule is [O-][S+](c1cnn(Cc2ccccc2)c1)N(O)Cl. The molecule has 1 heterocycles.